The molecule has 0 aliphatic carbocycles. The molecule has 4 rings (SSSR count). The van der Waals surface area contributed by atoms with Crippen LogP contribution in [0.2, 0.25) is 0 Å². The predicted octanol–water partition coefficient (Wildman–Crippen LogP) is 2.85. The molecular formula is C18H19N5. The van der Waals surface area contributed by atoms with E-state index in [-0.39, 0.29) is 0 Å². The summed E-state index contributed by atoms with van der Waals surface area (Å²) < 4.78 is 0. The summed E-state index contributed by atoms with van der Waals surface area (Å²) in [4.78, 5) is 13.7. The van der Waals surface area contributed by atoms with Crippen molar-refractivity contribution in [2.45, 2.75) is 32.9 Å². The van der Waals surface area contributed by atoms with Crippen LogP contribution in [-0.4, -0.2) is 28.0 Å². The molecule has 1 aromatic heterocycles. The molecule has 23 heavy (non-hydrogen) atoms. The second-order valence-electron chi connectivity index (χ2n) is 6.31. The maximum Gasteiger partial charge on any atom is 0.180 e. The number of hydrogen-bond donors (Lipinski definition) is 0. The summed E-state index contributed by atoms with van der Waals surface area (Å²) in [7, 11) is 0. The maximum absolute atomic E-state index is 9.23. The van der Waals surface area contributed by atoms with Gasteiger partial charge < -0.3 is 9.80 Å². The van der Waals surface area contributed by atoms with E-state index in [1.165, 1.54) is 18.4 Å². The van der Waals surface area contributed by atoms with Crippen molar-refractivity contribution >= 4 is 5.82 Å². The summed E-state index contributed by atoms with van der Waals surface area (Å²) in [5, 5.41) is 9.23. The van der Waals surface area contributed by atoms with Gasteiger partial charge in [0.25, 0.3) is 0 Å². The molecule has 2 aromatic rings. The number of fused-ring (bicyclic) bond motifs is 1. The molecule has 0 N–H and O–H groups in total. The molecular weight excluding hydrogens is 286 g/mol. The molecule has 0 unspecified atom stereocenters. The Kier molecular flexibility index (Phi) is 3.38. The van der Waals surface area contributed by atoms with E-state index >= 15 is 0 Å². The highest BCUT2D eigenvalue weighted by Gasteiger charge is 2.28. The molecule has 5 nitrogen and oxygen atoms in total. The number of nitriles is 1. The fraction of sp³-hybridized carbons (Fsp3) is 0.389. The first kappa shape index (κ1) is 14.0. The number of aryl methyl sites for hydroxylation is 1. The lowest BCUT2D eigenvalue weighted by molar-refractivity contribution is 0.415. The molecule has 1 saturated heterocycles. The zero-order valence-corrected chi connectivity index (χ0v) is 13.3. The van der Waals surface area contributed by atoms with Gasteiger partial charge in [0.15, 0.2) is 12.0 Å². The van der Waals surface area contributed by atoms with Crippen molar-refractivity contribution in [3.8, 4) is 17.6 Å². The van der Waals surface area contributed by atoms with Crippen molar-refractivity contribution in [1.29, 1.82) is 5.26 Å². The van der Waals surface area contributed by atoms with Gasteiger partial charge in [-0.1, -0.05) is 29.8 Å². The Morgan fingerprint density at radius 2 is 1.78 bits per heavy atom. The minimum atomic E-state index is 0.591. The van der Waals surface area contributed by atoms with Gasteiger partial charge in [0.2, 0.25) is 0 Å². The van der Waals surface area contributed by atoms with Crippen molar-refractivity contribution in [3.63, 3.8) is 0 Å². The summed E-state index contributed by atoms with van der Waals surface area (Å²) >= 11 is 0. The van der Waals surface area contributed by atoms with E-state index in [4.69, 9.17) is 9.97 Å². The summed E-state index contributed by atoms with van der Waals surface area (Å²) in [5.41, 5.74) is 4.39. The first-order valence-electron chi connectivity index (χ1n) is 8.11. The molecule has 1 fully saturated rings. The Morgan fingerprint density at radius 3 is 2.48 bits per heavy atom. The van der Waals surface area contributed by atoms with Gasteiger partial charge in [-0.3, -0.25) is 0 Å². The molecule has 0 amide bonds. The number of anilines is 1. The average molecular weight is 305 g/mol. The lowest BCUT2D eigenvalue weighted by Crippen LogP contribution is -2.21. The number of rotatable bonds is 2. The topological polar surface area (TPSA) is 56.1 Å². The second-order valence-corrected chi connectivity index (χ2v) is 6.31. The smallest absolute Gasteiger partial charge is 0.180 e. The Balaban J connectivity index is 1.81. The lowest BCUT2D eigenvalue weighted by Gasteiger charge is -2.20. The van der Waals surface area contributed by atoms with Gasteiger partial charge in [-0.2, -0.15) is 5.26 Å². The van der Waals surface area contributed by atoms with Crippen LogP contribution in [0.15, 0.2) is 24.3 Å². The van der Waals surface area contributed by atoms with Crippen LogP contribution in [0.25, 0.3) is 11.4 Å². The van der Waals surface area contributed by atoms with Crippen molar-refractivity contribution in [2.75, 3.05) is 18.0 Å². The quantitative estimate of drug-likeness (QED) is 0.799. The number of hydrogen-bond acceptors (Lipinski definition) is 5. The molecule has 0 spiro atoms. The third kappa shape index (κ3) is 2.50. The fourth-order valence-corrected chi connectivity index (χ4v) is 3.33. The van der Waals surface area contributed by atoms with E-state index in [0.717, 1.165) is 41.6 Å². The average Bonchev–Trinajstić information content (AvgIpc) is 3.23. The third-order valence-corrected chi connectivity index (χ3v) is 4.62. The second kappa shape index (κ2) is 5.54. The first-order chi connectivity index (χ1) is 11.2. The molecule has 2 aliphatic rings. The van der Waals surface area contributed by atoms with Crippen LogP contribution in [0.5, 0.6) is 0 Å². The zero-order chi connectivity index (χ0) is 15.8. The van der Waals surface area contributed by atoms with Crippen LogP contribution < -0.4 is 4.90 Å². The summed E-state index contributed by atoms with van der Waals surface area (Å²) in [6.45, 7) is 5.39. The highest BCUT2D eigenvalue weighted by molar-refractivity contribution is 5.62. The monoisotopic (exact) mass is 305 g/mol. The largest absolute Gasteiger partial charge is 0.356 e. The zero-order valence-electron chi connectivity index (χ0n) is 13.3. The van der Waals surface area contributed by atoms with Crippen LogP contribution in [-0.2, 0) is 13.1 Å². The predicted molar refractivity (Wildman–Crippen MR) is 88.5 cm³/mol. The van der Waals surface area contributed by atoms with Crippen molar-refractivity contribution in [1.82, 2.24) is 14.9 Å². The van der Waals surface area contributed by atoms with Crippen molar-refractivity contribution < 1.29 is 0 Å². The minimum Gasteiger partial charge on any atom is -0.356 e. The van der Waals surface area contributed by atoms with Gasteiger partial charge in [0.05, 0.1) is 18.8 Å². The number of benzene rings is 1. The molecule has 116 valence electrons. The molecule has 3 heterocycles. The third-order valence-electron chi connectivity index (χ3n) is 4.62. The Bertz CT molecular complexity index is 769. The van der Waals surface area contributed by atoms with Gasteiger partial charge in [-0.15, -0.1) is 0 Å². The molecule has 0 atom stereocenters. The van der Waals surface area contributed by atoms with E-state index in [9.17, 15) is 5.26 Å². The van der Waals surface area contributed by atoms with Crippen LogP contribution in [0, 0.1) is 18.4 Å². The Labute approximate surface area is 136 Å². The number of nitrogens with zero attached hydrogens (tertiary/aromatic N) is 5. The van der Waals surface area contributed by atoms with E-state index < -0.39 is 0 Å². The molecule has 0 saturated carbocycles. The number of aromatic nitrogens is 2. The van der Waals surface area contributed by atoms with E-state index in [1.807, 2.05) is 0 Å². The standard InChI is InChI=1S/C18H19N5/c1-13-4-6-14(7-5-13)17-20-16-11-22(12-19)10-15(16)18(21-17)23-8-2-3-9-23/h4-7H,2-3,8-11H2,1H3. The lowest BCUT2D eigenvalue weighted by atomic mass is 10.1. The highest BCUT2D eigenvalue weighted by Crippen LogP contribution is 2.33. The Hall–Kier alpha value is -2.61. The summed E-state index contributed by atoms with van der Waals surface area (Å²) in [6.07, 6.45) is 4.66. The molecule has 2 aliphatic heterocycles. The molecule has 0 radical (unpaired) electrons. The Morgan fingerprint density at radius 1 is 1.04 bits per heavy atom. The van der Waals surface area contributed by atoms with Gasteiger partial charge in [0, 0.05) is 24.2 Å². The van der Waals surface area contributed by atoms with E-state index in [2.05, 4.69) is 42.3 Å². The van der Waals surface area contributed by atoms with Crippen LogP contribution in [0.1, 0.15) is 29.7 Å². The van der Waals surface area contributed by atoms with Gasteiger partial charge in [-0.05, 0) is 19.8 Å². The van der Waals surface area contributed by atoms with Gasteiger partial charge >= 0.3 is 0 Å². The normalized spacial score (nSPS) is 16.5. The van der Waals surface area contributed by atoms with Gasteiger partial charge in [-0.25, -0.2) is 9.97 Å². The summed E-state index contributed by atoms with van der Waals surface area (Å²) in [5.74, 6) is 1.80. The van der Waals surface area contributed by atoms with Crippen molar-refractivity contribution in [3.05, 3.63) is 41.1 Å². The van der Waals surface area contributed by atoms with Gasteiger partial charge in [0.1, 0.15) is 5.82 Å². The molecule has 5 heteroatoms. The highest BCUT2D eigenvalue weighted by atomic mass is 15.2. The maximum atomic E-state index is 9.23. The fourth-order valence-electron chi connectivity index (χ4n) is 3.33. The van der Waals surface area contributed by atoms with Crippen LogP contribution in [0.3, 0.4) is 0 Å². The first-order valence-corrected chi connectivity index (χ1v) is 8.11. The molecule has 1 aromatic carbocycles. The minimum absolute atomic E-state index is 0.591. The SMILES string of the molecule is Cc1ccc(-c2nc3c(c(N4CCCC4)n2)CN(C#N)C3)cc1. The van der Waals surface area contributed by atoms with E-state index in [1.54, 1.807) is 4.90 Å². The van der Waals surface area contributed by atoms with E-state index in [0.29, 0.717) is 13.1 Å². The van der Waals surface area contributed by atoms with Crippen LogP contribution >= 0.6 is 0 Å². The van der Waals surface area contributed by atoms with Crippen LogP contribution in [0.4, 0.5) is 5.82 Å². The van der Waals surface area contributed by atoms with Crippen molar-refractivity contribution in [2.24, 2.45) is 0 Å². The summed E-state index contributed by atoms with van der Waals surface area (Å²) in [6, 6.07) is 8.32. The molecule has 0 bridgehead atoms.